The third kappa shape index (κ3) is 15.8. The maximum absolute atomic E-state index is 10.9. The molecule has 0 aromatic heterocycles. The van der Waals surface area contributed by atoms with Gasteiger partial charge in [0.15, 0.2) is 0 Å². The van der Waals surface area contributed by atoms with E-state index in [9.17, 15) is 4.79 Å². The Bertz CT molecular complexity index is 504. The molecular weight excluding hydrogens is 308 g/mol. The molecule has 2 heteroatoms. The minimum Gasteiger partial charge on any atom is -0.392 e. The molecule has 0 aliphatic heterocycles. The number of hydrogen-bond donors (Lipinski definition) is 1. The molecule has 0 saturated heterocycles. The summed E-state index contributed by atoms with van der Waals surface area (Å²) < 4.78 is 0. The predicted octanol–water partition coefficient (Wildman–Crippen LogP) is 6.47. The van der Waals surface area contributed by atoms with Crippen LogP contribution in [-0.2, 0) is 4.79 Å². The van der Waals surface area contributed by atoms with E-state index in [1.807, 2.05) is 6.92 Å². The van der Waals surface area contributed by atoms with Crippen molar-refractivity contribution < 1.29 is 9.90 Å². The smallest absolute Gasteiger partial charge is 0.130 e. The lowest BCUT2D eigenvalue weighted by atomic mass is 10.0. The number of ketones is 1. The highest BCUT2D eigenvalue weighted by molar-refractivity contribution is 5.75. The molecule has 0 amide bonds. The Morgan fingerprint density at radius 1 is 0.600 bits per heavy atom. The van der Waals surface area contributed by atoms with Crippen LogP contribution in [0, 0.1) is 0 Å². The van der Waals surface area contributed by atoms with Gasteiger partial charge in [0, 0.05) is 6.42 Å². The Kier molecular flexibility index (Phi) is 14.1. The van der Waals surface area contributed by atoms with Gasteiger partial charge in [-0.15, -0.1) is 0 Å². The van der Waals surface area contributed by atoms with E-state index in [0.29, 0.717) is 6.42 Å². The summed E-state index contributed by atoms with van der Waals surface area (Å²) in [6, 6.07) is 0. The summed E-state index contributed by atoms with van der Waals surface area (Å²) >= 11 is 0. The molecule has 1 N–H and O–H groups in total. The molecule has 0 atom stereocenters. The fourth-order valence-corrected chi connectivity index (χ4v) is 2.53. The molecule has 25 heavy (non-hydrogen) atoms. The van der Waals surface area contributed by atoms with Crippen LogP contribution in [0.25, 0.3) is 0 Å². The average molecular weight is 347 g/mol. The van der Waals surface area contributed by atoms with Gasteiger partial charge in [0.1, 0.15) is 5.78 Å². The van der Waals surface area contributed by atoms with Crippen LogP contribution in [0.1, 0.15) is 86.0 Å². The van der Waals surface area contributed by atoms with E-state index >= 15 is 0 Å². The summed E-state index contributed by atoms with van der Waals surface area (Å²) in [5.74, 6) is 0.266. The second kappa shape index (κ2) is 14.9. The molecule has 0 saturated carbocycles. The minimum absolute atomic E-state index is 0.165. The number of aliphatic hydroxyl groups excluding tert-OH is 1. The molecule has 0 rings (SSSR count). The normalized spacial score (nSPS) is 14.2. The number of aliphatic hydroxyl groups is 1. The predicted molar refractivity (Wildman–Crippen MR) is 110 cm³/mol. The van der Waals surface area contributed by atoms with Crippen LogP contribution in [-0.4, -0.2) is 17.5 Å². The van der Waals surface area contributed by atoms with Gasteiger partial charge in [-0.3, -0.25) is 0 Å². The number of Topliss-reactive ketones (excluding diaryl/α,β-unsaturated/α-hetero) is 1. The molecular formula is C23H38O2. The summed E-state index contributed by atoms with van der Waals surface area (Å²) in [6.07, 6.45) is 17.0. The van der Waals surface area contributed by atoms with Crippen molar-refractivity contribution in [2.24, 2.45) is 0 Å². The van der Waals surface area contributed by atoms with Crippen molar-refractivity contribution in [2.75, 3.05) is 6.61 Å². The highest BCUT2D eigenvalue weighted by atomic mass is 16.3. The Balaban J connectivity index is 4.00. The molecule has 0 fully saturated rings. The van der Waals surface area contributed by atoms with Gasteiger partial charge in [-0.25, -0.2) is 0 Å². The number of hydrogen-bond acceptors (Lipinski definition) is 2. The first kappa shape index (κ1) is 23.6. The highest BCUT2D eigenvalue weighted by Crippen LogP contribution is 2.14. The van der Waals surface area contributed by atoms with Crippen molar-refractivity contribution in [1.29, 1.82) is 0 Å². The zero-order valence-electron chi connectivity index (χ0n) is 17.0. The lowest BCUT2D eigenvalue weighted by molar-refractivity contribution is -0.116. The van der Waals surface area contributed by atoms with Crippen LogP contribution < -0.4 is 0 Å². The van der Waals surface area contributed by atoms with Gasteiger partial charge >= 0.3 is 0 Å². The fourth-order valence-electron chi connectivity index (χ4n) is 2.53. The third-order valence-corrected chi connectivity index (χ3v) is 4.33. The van der Waals surface area contributed by atoms with E-state index in [-0.39, 0.29) is 12.4 Å². The maximum atomic E-state index is 10.9. The van der Waals surface area contributed by atoms with E-state index in [4.69, 9.17) is 5.11 Å². The summed E-state index contributed by atoms with van der Waals surface area (Å²) in [5.41, 5.74) is 5.32. The van der Waals surface area contributed by atoms with Crippen molar-refractivity contribution in [3.05, 3.63) is 46.6 Å². The zero-order chi connectivity index (χ0) is 19.1. The SMILES string of the molecule is CC(=O)CC/C=C(\C)CC/C=C(\C)CC/C=C(\C)CC/C=C(\C)CO. The van der Waals surface area contributed by atoms with Gasteiger partial charge in [-0.05, 0) is 79.6 Å². The Morgan fingerprint density at radius 3 is 1.24 bits per heavy atom. The molecule has 0 aliphatic rings. The molecule has 0 radical (unpaired) electrons. The van der Waals surface area contributed by atoms with Gasteiger partial charge < -0.3 is 9.90 Å². The Labute approximate surface area is 155 Å². The fraction of sp³-hybridized carbons (Fsp3) is 0.609. The molecule has 0 aromatic rings. The summed E-state index contributed by atoms with van der Waals surface area (Å²) in [7, 11) is 0. The van der Waals surface area contributed by atoms with Crippen LogP contribution in [0.3, 0.4) is 0 Å². The summed E-state index contributed by atoms with van der Waals surface area (Å²) in [4.78, 5) is 10.9. The molecule has 0 unspecified atom stereocenters. The Morgan fingerprint density at radius 2 is 0.920 bits per heavy atom. The second-order valence-electron chi connectivity index (χ2n) is 7.22. The molecule has 0 aromatic carbocycles. The first-order valence-electron chi connectivity index (χ1n) is 9.58. The van der Waals surface area contributed by atoms with Crippen LogP contribution in [0.4, 0.5) is 0 Å². The van der Waals surface area contributed by atoms with Crippen molar-refractivity contribution in [2.45, 2.75) is 86.0 Å². The van der Waals surface area contributed by atoms with Crippen LogP contribution in [0.15, 0.2) is 46.6 Å². The standard InChI is InChI=1S/C23H38O2/c1-19(11-7-13-21(3)15-9-17-23(5)25)10-6-12-20(2)14-8-16-22(4)18-24/h11-12,15-16,24H,6-10,13-14,17-18H2,1-5H3/b19-11+,20-12+,21-15+,22-16+. The average Bonchev–Trinajstić information content (AvgIpc) is 2.54. The van der Waals surface area contributed by atoms with Crippen molar-refractivity contribution in [1.82, 2.24) is 0 Å². The summed E-state index contributed by atoms with van der Waals surface area (Å²) in [5, 5.41) is 8.97. The van der Waals surface area contributed by atoms with Crippen LogP contribution in [0.5, 0.6) is 0 Å². The molecule has 0 aliphatic carbocycles. The van der Waals surface area contributed by atoms with Gasteiger partial charge in [0.2, 0.25) is 0 Å². The Hall–Kier alpha value is -1.41. The first-order chi connectivity index (χ1) is 11.8. The van der Waals surface area contributed by atoms with Crippen molar-refractivity contribution >= 4 is 5.78 Å². The monoisotopic (exact) mass is 346 g/mol. The van der Waals surface area contributed by atoms with E-state index in [1.54, 1.807) is 6.92 Å². The van der Waals surface area contributed by atoms with E-state index in [1.165, 1.54) is 16.7 Å². The topological polar surface area (TPSA) is 37.3 Å². The maximum Gasteiger partial charge on any atom is 0.130 e. The number of carbonyl (C=O) groups is 1. The minimum atomic E-state index is 0.165. The van der Waals surface area contributed by atoms with Gasteiger partial charge in [-0.1, -0.05) is 46.6 Å². The lowest BCUT2D eigenvalue weighted by Gasteiger charge is -2.03. The lowest BCUT2D eigenvalue weighted by Crippen LogP contribution is -1.87. The second-order valence-corrected chi connectivity index (χ2v) is 7.22. The van der Waals surface area contributed by atoms with Crippen LogP contribution in [0.2, 0.25) is 0 Å². The number of carbonyl (C=O) groups excluding carboxylic acids is 1. The van der Waals surface area contributed by atoms with Gasteiger partial charge in [0.25, 0.3) is 0 Å². The summed E-state index contributed by atoms with van der Waals surface area (Å²) in [6.45, 7) is 10.3. The first-order valence-corrected chi connectivity index (χ1v) is 9.58. The molecule has 0 heterocycles. The number of allylic oxidation sites excluding steroid dienone is 7. The van der Waals surface area contributed by atoms with E-state index < -0.39 is 0 Å². The third-order valence-electron chi connectivity index (χ3n) is 4.33. The highest BCUT2D eigenvalue weighted by Gasteiger charge is 1.95. The van der Waals surface area contributed by atoms with E-state index in [2.05, 4.69) is 45.1 Å². The van der Waals surface area contributed by atoms with Crippen molar-refractivity contribution in [3.63, 3.8) is 0 Å². The van der Waals surface area contributed by atoms with Gasteiger partial charge in [0.05, 0.1) is 6.61 Å². The largest absolute Gasteiger partial charge is 0.392 e. The van der Waals surface area contributed by atoms with Crippen molar-refractivity contribution in [3.8, 4) is 0 Å². The quantitative estimate of drug-likeness (QED) is 0.388. The molecule has 142 valence electrons. The number of rotatable bonds is 13. The molecule has 2 nitrogen and oxygen atoms in total. The van der Waals surface area contributed by atoms with E-state index in [0.717, 1.165) is 50.5 Å². The molecule has 0 spiro atoms. The molecule has 0 bridgehead atoms. The van der Waals surface area contributed by atoms with Gasteiger partial charge in [-0.2, -0.15) is 0 Å². The van der Waals surface area contributed by atoms with Crippen LogP contribution >= 0.6 is 0 Å². The zero-order valence-corrected chi connectivity index (χ0v) is 17.0.